The second-order valence-electron chi connectivity index (χ2n) is 12.0. The van der Waals surface area contributed by atoms with E-state index < -0.39 is 23.3 Å². The molecule has 1 aliphatic heterocycles. The average Bonchev–Trinajstić information content (AvgIpc) is 3.62. The largest absolute Gasteiger partial charge is 0.481 e. The number of benzene rings is 2. The molecular weight excluding hydrogens is 624 g/mol. The second-order valence-corrected chi connectivity index (χ2v) is 12.4. The number of amides is 2. The van der Waals surface area contributed by atoms with Gasteiger partial charge in [0, 0.05) is 68.6 Å². The Morgan fingerprint density at radius 2 is 1.83 bits per heavy atom. The summed E-state index contributed by atoms with van der Waals surface area (Å²) >= 11 is 7.07. The van der Waals surface area contributed by atoms with Crippen molar-refractivity contribution in [2.45, 2.75) is 31.9 Å². The number of aryl methyl sites for hydroxylation is 1. The molecule has 2 amide bonds. The highest BCUT2D eigenvalue weighted by Crippen LogP contribution is 2.43. The smallest absolute Gasteiger partial charge is 0.330 e. The number of nitrogens with zero attached hydrogens (tertiary/aromatic N) is 3. The van der Waals surface area contributed by atoms with Crippen molar-refractivity contribution in [1.82, 2.24) is 24.8 Å². The summed E-state index contributed by atoms with van der Waals surface area (Å²) in [5.74, 6) is -0.0693. The van der Waals surface area contributed by atoms with Gasteiger partial charge in [0.2, 0.25) is 11.8 Å². The Labute approximate surface area is 275 Å². The van der Waals surface area contributed by atoms with Crippen molar-refractivity contribution < 1.29 is 19.4 Å². The van der Waals surface area contributed by atoms with E-state index in [1.54, 1.807) is 19.2 Å². The lowest BCUT2D eigenvalue weighted by Gasteiger charge is -2.21. The number of fused-ring (bicyclic) bond motifs is 1. The zero-order chi connectivity index (χ0) is 33.6. The van der Waals surface area contributed by atoms with Crippen LogP contribution in [0.15, 0.2) is 58.3 Å². The van der Waals surface area contributed by atoms with Crippen molar-refractivity contribution >= 4 is 29.1 Å². The molecule has 2 aromatic carbocycles. The Bertz CT molecular complexity index is 2040. The van der Waals surface area contributed by atoms with Gasteiger partial charge < -0.3 is 30.4 Å². The maximum absolute atomic E-state index is 13.2. The molecule has 3 heterocycles. The predicted molar refractivity (Wildman–Crippen MR) is 178 cm³/mol. The maximum atomic E-state index is 13.2. The Kier molecular flexibility index (Phi) is 8.75. The van der Waals surface area contributed by atoms with Crippen molar-refractivity contribution in [2.24, 2.45) is 20.0 Å². The number of ether oxygens (including phenoxy) is 1. The molecule has 0 radical (unpaired) electrons. The molecule has 2 aromatic heterocycles. The standard InChI is InChI=1S/C34H35ClN6O6/c1-17-20(7-6-10-24(17)38-31(44)23-16-40(2)34(46)41(3)33(23)45)21-8-5-9-22(29(21)35)25-12-19-13-26(42)30(28(19)32(39-25)47-4)37-15-18-11-27(43)36-14-18/h5-10,12,16,18,26,30,37,42H,11,13-15H2,1-4H3,(H,36,43)(H,38,44)/t18-,26-,30-/m0/s1. The molecule has 0 bridgehead atoms. The van der Waals surface area contributed by atoms with E-state index in [0.717, 1.165) is 26.8 Å². The lowest BCUT2D eigenvalue weighted by Crippen LogP contribution is -2.40. The summed E-state index contributed by atoms with van der Waals surface area (Å²) < 4.78 is 7.80. The Balaban J connectivity index is 1.31. The van der Waals surface area contributed by atoms with Gasteiger partial charge >= 0.3 is 5.69 Å². The summed E-state index contributed by atoms with van der Waals surface area (Å²) in [7, 11) is 4.34. The first-order chi connectivity index (χ1) is 22.5. The van der Waals surface area contributed by atoms with Crippen LogP contribution in [0.5, 0.6) is 5.88 Å². The van der Waals surface area contributed by atoms with E-state index in [9.17, 15) is 24.3 Å². The second kappa shape index (κ2) is 12.8. The normalized spacial score (nSPS) is 18.6. The van der Waals surface area contributed by atoms with Crippen LogP contribution in [-0.4, -0.2) is 57.3 Å². The highest BCUT2D eigenvalue weighted by atomic mass is 35.5. The number of hydrogen-bond donors (Lipinski definition) is 4. The van der Waals surface area contributed by atoms with Gasteiger partial charge in [-0.25, -0.2) is 9.78 Å². The third-order valence-electron chi connectivity index (χ3n) is 8.95. The first-order valence-corrected chi connectivity index (χ1v) is 15.6. The van der Waals surface area contributed by atoms with Crippen molar-refractivity contribution in [3.63, 3.8) is 0 Å². The Hall–Kier alpha value is -4.78. The molecule has 6 rings (SSSR count). The van der Waals surface area contributed by atoms with E-state index in [4.69, 9.17) is 21.3 Å². The minimum absolute atomic E-state index is 0.0345. The van der Waals surface area contributed by atoms with Crippen LogP contribution in [0.3, 0.4) is 0 Å². The van der Waals surface area contributed by atoms with Gasteiger partial charge in [0.25, 0.3) is 11.5 Å². The number of aliphatic hydroxyl groups excluding tert-OH is 1. The number of aliphatic hydroxyl groups is 1. The molecule has 0 saturated carbocycles. The number of carbonyl (C=O) groups excluding carboxylic acids is 2. The number of pyridine rings is 1. The highest BCUT2D eigenvalue weighted by molar-refractivity contribution is 6.36. The van der Waals surface area contributed by atoms with Crippen molar-refractivity contribution in [3.05, 3.63) is 96.8 Å². The SMILES string of the molecule is COc1nc(-c2cccc(-c3cccc(NC(=O)c4cn(C)c(=O)n(C)c4=O)c3C)c2Cl)cc2c1[C@@H](NC[C@@H]1CNC(=O)C1)[C@@H](O)C2. The molecule has 13 heteroatoms. The fourth-order valence-corrected chi connectivity index (χ4v) is 6.73. The summed E-state index contributed by atoms with van der Waals surface area (Å²) in [4.78, 5) is 54.3. The molecule has 47 heavy (non-hydrogen) atoms. The van der Waals surface area contributed by atoms with Crippen LogP contribution in [0, 0.1) is 12.8 Å². The molecule has 3 atom stereocenters. The number of methoxy groups -OCH3 is 1. The van der Waals surface area contributed by atoms with Gasteiger partial charge in [-0.2, -0.15) is 0 Å². The van der Waals surface area contributed by atoms with Crippen molar-refractivity contribution in [1.29, 1.82) is 0 Å². The average molecular weight is 659 g/mol. The number of nitrogens with one attached hydrogen (secondary N) is 3. The summed E-state index contributed by atoms with van der Waals surface area (Å²) in [6.45, 7) is 3.02. The van der Waals surface area contributed by atoms with Crippen LogP contribution in [0.4, 0.5) is 5.69 Å². The highest BCUT2D eigenvalue weighted by Gasteiger charge is 2.36. The first kappa shape index (κ1) is 32.2. The molecule has 2 aliphatic rings. The van der Waals surface area contributed by atoms with Gasteiger partial charge in [-0.15, -0.1) is 0 Å². The quantitative estimate of drug-likeness (QED) is 0.225. The van der Waals surface area contributed by atoms with E-state index in [1.807, 2.05) is 37.3 Å². The van der Waals surface area contributed by atoms with Crippen LogP contribution in [-0.2, 0) is 25.3 Å². The number of hydrogen-bond acceptors (Lipinski definition) is 8. The van der Waals surface area contributed by atoms with Crippen molar-refractivity contribution in [2.75, 3.05) is 25.5 Å². The molecule has 0 spiro atoms. The molecule has 4 aromatic rings. The van der Waals surface area contributed by atoms with E-state index in [0.29, 0.717) is 59.3 Å². The van der Waals surface area contributed by atoms with Crippen LogP contribution in [0.2, 0.25) is 5.02 Å². The zero-order valence-electron chi connectivity index (χ0n) is 26.4. The van der Waals surface area contributed by atoms with E-state index >= 15 is 0 Å². The zero-order valence-corrected chi connectivity index (χ0v) is 27.1. The number of rotatable bonds is 8. The molecule has 12 nitrogen and oxygen atoms in total. The summed E-state index contributed by atoms with van der Waals surface area (Å²) in [5, 5.41) is 20.5. The summed E-state index contributed by atoms with van der Waals surface area (Å²) in [5.41, 5.74) is 4.21. The topological polar surface area (TPSA) is 157 Å². The van der Waals surface area contributed by atoms with Crippen LogP contribution >= 0.6 is 11.6 Å². The molecule has 0 unspecified atom stereocenters. The van der Waals surface area contributed by atoms with Gasteiger partial charge in [-0.3, -0.25) is 19.0 Å². The third-order valence-corrected chi connectivity index (χ3v) is 9.36. The lowest BCUT2D eigenvalue weighted by molar-refractivity contribution is -0.119. The Morgan fingerprint density at radius 1 is 1.11 bits per heavy atom. The van der Waals surface area contributed by atoms with Gasteiger partial charge in [0.15, 0.2) is 0 Å². The van der Waals surface area contributed by atoms with E-state index in [1.165, 1.54) is 24.9 Å². The summed E-state index contributed by atoms with van der Waals surface area (Å²) in [6, 6.07) is 12.5. The minimum Gasteiger partial charge on any atom is -0.481 e. The number of aromatic nitrogens is 3. The lowest BCUT2D eigenvalue weighted by atomic mass is 9.96. The molecule has 1 saturated heterocycles. The molecule has 1 aliphatic carbocycles. The van der Waals surface area contributed by atoms with Gasteiger partial charge in [-0.1, -0.05) is 41.9 Å². The third kappa shape index (κ3) is 5.95. The predicted octanol–water partition coefficient (Wildman–Crippen LogP) is 2.72. The number of halogens is 1. The van der Waals surface area contributed by atoms with Gasteiger partial charge in [-0.05, 0) is 41.7 Å². The maximum Gasteiger partial charge on any atom is 0.330 e. The fourth-order valence-electron chi connectivity index (χ4n) is 6.41. The van der Waals surface area contributed by atoms with E-state index in [-0.39, 0.29) is 23.4 Å². The molecule has 4 N–H and O–H groups in total. The first-order valence-electron chi connectivity index (χ1n) is 15.2. The molecular formula is C34H35ClN6O6. The minimum atomic E-state index is -0.690. The van der Waals surface area contributed by atoms with Gasteiger partial charge in [0.05, 0.1) is 30.0 Å². The summed E-state index contributed by atoms with van der Waals surface area (Å²) in [6.07, 6.45) is 1.39. The Morgan fingerprint density at radius 3 is 2.55 bits per heavy atom. The fraction of sp³-hybridized carbons (Fsp3) is 0.324. The number of anilines is 1. The molecule has 244 valence electrons. The van der Waals surface area contributed by atoms with Gasteiger partial charge in [0.1, 0.15) is 5.56 Å². The van der Waals surface area contributed by atoms with E-state index in [2.05, 4.69) is 16.0 Å². The van der Waals surface area contributed by atoms with Crippen LogP contribution in [0.25, 0.3) is 22.4 Å². The van der Waals surface area contributed by atoms with Crippen LogP contribution < -0.4 is 31.9 Å². The van der Waals surface area contributed by atoms with Crippen LogP contribution in [0.1, 0.15) is 39.5 Å². The number of carbonyl (C=O) groups is 2. The monoisotopic (exact) mass is 658 g/mol. The van der Waals surface area contributed by atoms with Crippen molar-refractivity contribution in [3.8, 4) is 28.3 Å². The molecule has 1 fully saturated rings.